The maximum Gasteiger partial charge on any atom is -0.0295 e. The number of rotatable bonds is 4. The summed E-state index contributed by atoms with van der Waals surface area (Å²) < 4.78 is 0. The zero-order chi connectivity index (χ0) is 11.4. The molecule has 0 aliphatic heterocycles. The monoisotopic (exact) mass is 222 g/mol. The summed E-state index contributed by atoms with van der Waals surface area (Å²) >= 11 is 0. The molecule has 0 heteroatoms. The van der Waals surface area contributed by atoms with E-state index in [-0.39, 0.29) is 0 Å². The number of hydrogen-bond acceptors (Lipinski definition) is 0. The zero-order valence-electron chi connectivity index (χ0n) is 11.4. The Balaban J connectivity index is 1.94. The van der Waals surface area contributed by atoms with Crippen molar-refractivity contribution >= 4 is 0 Å². The largest absolute Gasteiger partial charge is 0.0654 e. The van der Waals surface area contributed by atoms with Crippen LogP contribution in [0.4, 0.5) is 0 Å². The van der Waals surface area contributed by atoms with Crippen LogP contribution in [0.2, 0.25) is 0 Å². The van der Waals surface area contributed by atoms with E-state index in [0.717, 1.165) is 17.3 Å². The summed E-state index contributed by atoms with van der Waals surface area (Å²) in [7, 11) is 0. The topological polar surface area (TPSA) is 0 Å². The average molecular weight is 222 g/mol. The van der Waals surface area contributed by atoms with Crippen LogP contribution in [0.15, 0.2) is 0 Å². The van der Waals surface area contributed by atoms with Crippen LogP contribution in [0, 0.1) is 17.3 Å². The minimum absolute atomic E-state index is 0.721. The maximum absolute atomic E-state index is 2.62. The van der Waals surface area contributed by atoms with Gasteiger partial charge in [-0.1, -0.05) is 65.2 Å². The highest BCUT2D eigenvalue weighted by molar-refractivity contribution is 4.92. The lowest BCUT2D eigenvalue weighted by atomic mass is 9.56. The summed E-state index contributed by atoms with van der Waals surface area (Å²) in [4.78, 5) is 0. The van der Waals surface area contributed by atoms with Crippen LogP contribution in [0.1, 0.15) is 84.5 Å². The molecule has 94 valence electrons. The van der Waals surface area contributed by atoms with Crippen LogP contribution >= 0.6 is 0 Å². The molecule has 0 radical (unpaired) electrons. The van der Waals surface area contributed by atoms with Crippen molar-refractivity contribution in [2.45, 2.75) is 84.5 Å². The normalized spacial score (nSPS) is 39.4. The lowest BCUT2D eigenvalue weighted by molar-refractivity contribution is 0.0171. The molecule has 3 unspecified atom stereocenters. The Kier molecular flexibility index (Phi) is 4.33. The van der Waals surface area contributed by atoms with Gasteiger partial charge in [-0.25, -0.2) is 0 Å². The minimum atomic E-state index is 0.721. The van der Waals surface area contributed by atoms with Crippen LogP contribution in [0.25, 0.3) is 0 Å². The minimum Gasteiger partial charge on any atom is -0.0654 e. The van der Waals surface area contributed by atoms with E-state index in [0.29, 0.717) is 0 Å². The van der Waals surface area contributed by atoms with E-state index >= 15 is 0 Å². The first-order valence-corrected chi connectivity index (χ1v) is 7.76. The van der Waals surface area contributed by atoms with Crippen LogP contribution in [0.5, 0.6) is 0 Å². The molecule has 2 aliphatic carbocycles. The Morgan fingerprint density at radius 3 is 2.56 bits per heavy atom. The third-order valence-electron chi connectivity index (χ3n) is 5.48. The zero-order valence-corrected chi connectivity index (χ0v) is 11.4. The molecular weight excluding hydrogens is 192 g/mol. The van der Waals surface area contributed by atoms with Crippen LogP contribution in [-0.2, 0) is 0 Å². The summed E-state index contributed by atoms with van der Waals surface area (Å²) in [6, 6.07) is 0. The summed E-state index contributed by atoms with van der Waals surface area (Å²) in [6.45, 7) is 4.94. The van der Waals surface area contributed by atoms with Gasteiger partial charge in [-0.05, 0) is 36.5 Å². The highest BCUT2D eigenvalue weighted by Crippen LogP contribution is 2.52. The lowest BCUT2D eigenvalue weighted by Crippen LogP contribution is -2.38. The first kappa shape index (κ1) is 12.5. The smallest absolute Gasteiger partial charge is 0.0295 e. The van der Waals surface area contributed by atoms with Gasteiger partial charge in [0, 0.05) is 0 Å². The van der Waals surface area contributed by atoms with Gasteiger partial charge in [-0.2, -0.15) is 0 Å². The van der Waals surface area contributed by atoms with Gasteiger partial charge in [-0.3, -0.25) is 0 Å². The highest BCUT2D eigenvalue weighted by atomic mass is 14.5. The Morgan fingerprint density at radius 1 is 1.00 bits per heavy atom. The molecule has 2 saturated carbocycles. The summed E-state index contributed by atoms with van der Waals surface area (Å²) in [5.41, 5.74) is 0.721. The van der Waals surface area contributed by atoms with Gasteiger partial charge in [0.1, 0.15) is 0 Å². The summed E-state index contributed by atoms with van der Waals surface area (Å²) in [5.74, 6) is 2.20. The highest BCUT2D eigenvalue weighted by Gasteiger charge is 2.42. The van der Waals surface area contributed by atoms with E-state index in [9.17, 15) is 0 Å². The standard InChI is InChI=1S/C16H30/c1-3-4-7-12-16(2)13-8-10-14-9-5-6-11-15(14)16/h14-15H,3-13H2,1-2H3. The summed E-state index contributed by atoms with van der Waals surface area (Å²) in [6.07, 6.45) is 16.6. The fourth-order valence-corrected chi connectivity index (χ4v) is 4.51. The Bertz CT molecular complexity index is 206. The molecule has 3 atom stereocenters. The van der Waals surface area contributed by atoms with Crippen molar-refractivity contribution in [1.29, 1.82) is 0 Å². The fourth-order valence-electron chi connectivity index (χ4n) is 4.51. The molecule has 2 rings (SSSR count). The molecule has 0 saturated heterocycles. The van der Waals surface area contributed by atoms with Crippen LogP contribution in [0.3, 0.4) is 0 Å². The first-order valence-electron chi connectivity index (χ1n) is 7.76. The van der Waals surface area contributed by atoms with Gasteiger partial charge in [0.25, 0.3) is 0 Å². The number of unbranched alkanes of at least 4 members (excludes halogenated alkanes) is 2. The molecule has 0 aromatic rings. The number of hydrogen-bond donors (Lipinski definition) is 0. The lowest BCUT2D eigenvalue weighted by Gasteiger charge is -2.49. The van der Waals surface area contributed by atoms with Crippen LogP contribution < -0.4 is 0 Å². The van der Waals surface area contributed by atoms with Gasteiger partial charge >= 0.3 is 0 Å². The van der Waals surface area contributed by atoms with Crippen molar-refractivity contribution in [2.75, 3.05) is 0 Å². The molecule has 0 aromatic carbocycles. The van der Waals surface area contributed by atoms with Crippen molar-refractivity contribution in [1.82, 2.24) is 0 Å². The van der Waals surface area contributed by atoms with Gasteiger partial charge in [-0.15, -0.1) is 0 Å². The fraction of sp³-hybridized carbons (Fsp3) is 1.00. The molecular formula is C16H30. The van der Waals surface area contributed by atoms with E-state index in [1.54, 1.807) is 19.3 Å². The quantitative estimate of drug-likeness (QED) is 0.546. The molecule has 0 N–H and O–H groups in total. The molecule has 0 amide bonds. The molecule has 0 heterocycles. The molecule has 0 spiro atoms. The summed E-state index contributed by atoms with van der Waals surface area (Å²) in [5, 5.41) is 0. The molecule has 16 heavy (non-hydrogen) atoms. The van der Waals surface area contributed by atoms with E-state index in [1.807, 2.05) is 0 Å². The molecule has 0 nitrogen and oxygen atoms in total. The molecule has 0 bridgehead atoms. The van der Waals surface area contributed by atoms with E-state index in [2.05, 4.69) is 13.8 Å². The van der Waals surface area contributed by atoms with Gasteiger partial charge in [0.15, 0.2) is 0 Å². The predicted molar refractivity (Wildman–Crippen MR) is 71.5 cm³/mol. The average Bonchev–Trinajstić information content (AvgIpc) is 2.30. The van der Waals surface area contributed by atoms with Crippen molar-refractivity contribution in [3.8, 4) is 0 Å². The van der Waals surface area contributed by atoms with Gasteiger partial charge < -0.3 is 0 Å². The molecule has 0 aromatic heterocycles. The third kappa shape index (κ3) is 2.63. The van der Waals surface area contributed by atoms with E-state index in [4.69, 9.17) is 0 Å². The second-order valence-electron chi connectivity index (χ2n) is 6.65. The molecule has 2 aliphatic rings. The van der Waals surface area contributed by atoms with Crippen molar-refractivity contribution < 1.29 is 0 Å². The van der Waals surface area contributed by atoms with E-state index < -0.39 is 0 Å². The predicted octanol–water partition coefficient (Wildman–Crippen LogP) is 5.56. The Morgan fingerprint density at radius 2 is 1.75 bits per heavy atom. The second-order valence-corrected chi connectivity index (χ2v) is 6.65. The third-order valence-corrected chi connectivity index (χ3v) is 5.48. The number of fused-ring (bicyclic) bond motifs is 1. The van der Waals surface area contributed by atoms with Crippen LogP contribution in [-0.4, -0.2) is 0 Å². The second kappa shape index (κ2) is 5.56. The Hall–Kier alpha value is 0. The maximum atomic E-state index is 2.62. The van der Waals surface area contributed by atoms with Crippen molar-refractivity contribution in [3.63, 3.8) is 0 Å². The first-order chi connectivity index (χ1) is 7.76. The van der Waals surface area contributed by atoms with Crippen molar-refractivity contribution in [3.05, 3.63) is 0 Å². The van der Waals surface area contributed by atoms with Gasteiger partial charge in [0.2, 0.25) is 0 Å². The van der Waals surface area contributed by atoms with Gasteiger partial charge in [0.05, 0.1) is 0 Å². The molecule has 2 fully saturated rings. The SMILES string of the molecule is CCCCCC1(C)CCCC2CCCCC21. The van der Waals surface area contributed by atoms with E-state index in [1.165, 1.54) is 51.4 Å². The van der Waals surface area contributed by atoms with Crippen molar-refractivity contribution in [2.24, 2.45) is 17.3 Å². The Labute approximate surface area is 102 Å².